The van der Waals surface area contributed by atoms with E-state index in [4.69, 9.17) is 4.98 Å². The monoisotopic (exact) mass is 327 g/mol. The standard InChI is InChI=1S/C16H17N5OS/c1-6-8-4-17-13(12(6)8)15-19-10-3-11(9-5-18-21-7(9)2)23-14(10)16(22)20-15/h3,5-6,8,12-13,17H,4H2,1-2H3,(H,18,21)(H,19,20,22)/t6-,8?,12?,13?/m0/s1. The van der Waals surface area contributed by atoms with Gasteiger partial charge in [0, 0.05) is 16.1 Å². The van der Waals surface area contributed by atoms with E-state index in [0.29, 0.717) is 10.6 Å². The maximum atomic E-state index is 12.5. The van der Waals surface area contributed by atoms with E-state index >= 15 is 0 Å². The van der Waals surface area contributed by atoms with Gasteiger partial charge in [0.1, 0.15) is 10.5 Å². The van der Waals surface area contributed by atoms with Gasteiger partial charge in [0.15, 0.2) is 0 Å². The summed E-state index contributed by atoms with van der Waals surface area (Å²) < 4.78 is 0.683. The summed E-state index contributed by atoms with van der Waals surface area (Å²) in [6, 6.07) is 2.19. The summed E-state index contributed by atoms with van der Waals surface area (Å²) in [6.45, 7) is 5.29. The Morgan fingerprint density at radius 1 is 1.39 bits per heavy atom. The lowest BCUT2D eigenvalue weighted by atomic mass is 10.1. The lowest BCUT2D eigenvalue weighted by Gasteiger charge is -2.13. The third-order valence-corrected chi connectivity index (χ3v) is 6.54. The number of nitrogens with one attached hydrogen (secondary N) is 3. The van der Waals surface area contributed by atoms with Crippen LogP contribution in [0.2, 0.25) is 0 Å². The smallest absolute Gasteiger partial charge is 0.268 e. The van der Waals surface area contributed by atoms with Crippen molar-refractivity contribution in [3.63, 3.8) is 0 Å². The van der Waals surface area contributed by atoms with Crippen LogP contribution in [-0.4, -0.2) is 26.7 Å². The van der Waals surface area contributed by atoms with E-state index in [9.17, 15) is 4.79 Å². The second kappa shape index (κ2) is 4.52. The van der Waals surface area contributed by atoms with Crippen molar-refractivity contribution in [1.29, 1.82) is 0 Å². The molecule has 4 atom stereocenters. The first-order chi connectivity index (χ1) is 11.1. The zero-order chi connectivity index (χ0) is 15.7. The molecule has 3 aromatic heterocycles. The quantitative estimate of drug-likeness (QED) is 0.673. The summed E-state index contributed by atoms with van der Waals surface area (Å²) in [5.41, 5.74) is 2.77. The van der Waals surface area contributed by atoms with Gasteiger partial charge in [-0.25, -0.2) is 4.98 Å². The summed E-state index contributed by atoms with van der Waals surface area (Å²) in [4.78, 5) is 21.3. The summed E-state index contributed by atoms with van der Waals surface area (Å²) in [5.74, 6) is 2.87. The van der Waals surface area contributed by atoms with Crippen LogP contribution >= 0.6 is 11.3 Å². The van der Waals surface area contributed by atoms with E-state index in [-0.39, 0.29) is 11.6 Å². The van der Waals surface area contributed by atoms with Gasteiger partial charge in [-0.15, -0.1) is 11.3 Å². The van der Waals surface area contributed by atoms with Gasteiger partial charge in [-0.1, -0.05) is 6.92 Å². The molecule has 3 N–H and O–H groups in total. The van der Waals surface area contributed by atoms with Crippen molar-refractivity contribution in [2.75, 3.05) is 6.54 Å². The van der Waals surface area contributed by atoms with Crippen molar-refractivity contribution >= 4 is 21.6 Å². The third-order valence-electron chi connectivity index (χ3n) is 5.39. The number of nitrogens with zero attached hydrogens (tertiary/aromatic N) is 2. The topological polar surface area (TPSA) is 86.5 Å². The predicted octanol–water partition coefficient (Wildman–Crippen LogP) is 2.21. The Morgan fingerprint density at radius 2 is 2.26 bits per heavy atom. The molecule has 4 heterocycles. The summed E-state index contributed by atoms with van der Waals surface area (Å²) in [7, 11) is 0. The van der Waals surface area contributed by atoms with Crippen LogP contribution in [0.4, 0.5) is 0 Å². The molecule has 0 radical (unpaired) electrons. The number of fused-ring (bicyclic) bond motifs is 2. The van der Waals surface area contributed by atoms with Gasteiger partial charge in [0.05, 0.1) is 17.8 Å². The number of rotatable bonds is 2. The lowest BCUT2D eigenvalue weighted by Crippen LogP contribution is -2.24. The second-order valence-electron chi connectivity index (χ2n) is 6.67. The molecule has 0 spiro atoms. The Kier molecular flexibility index (Phi) is 2.64. The highest BCUT2D eigenvalue weighted by atomic mass is 32.1. The Bertz CT molecular complexity index is 970. The fourth-order valence-corrected chi connectivity index (χ4v) is 5.03. The maximum Gasteiger partial charge on any atom is 0.268 e. The maximum absolute atomic E-state index is 12.5. The first-order valence-corrected chi connectivity index (χ1v) is 8.72. The SMILES string of the molecule is Cc1[nH]ncc1-c1cc2nc(C3NCC4C3[C@H]4C)[nH]c(=O)c2s1. The number of piperidine rings is 1. The van der Waals surface area contributed by atoms with Crippen LogP contribution in [0.3, 0.4) is 0 Å². The number of H-pyrrole nitrogens is 2. The summed E-state index contributed by atoms with van der Waals surface area (Å²) >= 11 is 1.47. The second-order valence-corrected chi connectivity index (χ2v) is 7.72. The number of hydrogen-bond acceptors (Lipinski definition) is 5. The van der Waals surface area contributed by atoms with Gasteiger partial charge < -0.3 is 10.3 Å². The minimum atomic E-state index is -0.0408. The number of aromatic amines is 2. The molecule has 5 rings (SSSR count). The molecule has 2 aliphatic rings. The molecule has 2 fully saturated rings. The van der Waals surface area contributed by atoms with E-state index in [1.807, 2.05) is 13.0 Å². The zero-order valence-corrected chi connectivity index (χ0v) is 13.7. The van der Waals surface area contributed by atoms with Crippen LogP contribution in [0, 0.1) is 24.7 Å². The third kappa shape index (κ3) is 1.86. The Hall–Kier alpha value is -1.99. The molecule has 7 heteroatoms. The fraction of sp³-hybridized carbons (Fsp3) is 0.438. The number of thiophene rings is 1. The van der Waals surface area contributed by atoms with Crippen molar-refractivity contribution in [3.05, 3.63) is 34.1 Å². The zero-order valence-electron chi connectivity index (χ0n) is 12.9. The number of hydrogen-bond donors (Lipinski definition) is 3. The van der Waals surface area contributed by atoms with Crippen LogP contribution in [0.1, 0.15) is 24.5 Å². The van der Waals surface area contributed by atoms with E-state index in [0.717, 1.165) is 45.9 Å². The van der Waals surface area contributed by atoms with Crippen molar-refractivity contribution in [3.8, 4) is 10.4 Å². The molecule has 1 aliphatic carbocycles. The van der Waals surface area contributed by atoms with E-state index in [2.05, 4.69) is 27.4 Å². The summed E-state index contributed by atoms with van der Waals surface area (Å²) in [6.07, 6.45) is 1.80. The minimum Gasteiger partial charge on any atom is -0.308 e. The van der Waals surface area contributed by atoms with Gasteiger partial charge in [0.25, 0.3) is 5.56 Å². The largest absolute Gasteiger partial charge is 0.308 e. The van der Waals surface area contributed by atoms with Crippen LogP contribution in [0.15, 0.2) is 17.1 Å². The van der Waals surface area contributed by atoms with Crippen molar-refractivity contribution in [2.45, 2.75) is 19.9 Å². The molecule has 0 aromatic carbocycles. The molecule has 1 saturated heterocycles. The normalized spacial score (nSPS) is 29.1. The first kappa shape index (κ1) is 13.4. The molecule has 3 unspecified atom stereocenters. The highest BCUT2D eigenvalue weighted by molar-refractivity contribution is 7.22. The Morgan fingerprint density at radius 3 is 2.96 bits per heavy atom. The average molecular weight is 327 g/mol. The number of aryl methyl sites for hydroxylation is 1. The van der Waals surface area contributed by atoms with Crippen molar-refractivity contribution in [1.82, 2.24) is 25.5 Å². The Labute approximate surface area is 136 Å². The van der Waals surface area contributed by atoms with E-state index in [1.165, 1.54) is 11.3 Å². The number of aromatic nitrogens is 4. The highest BCUT2D eigenvalue weighted by Gasteiger charge is 2.56. The van der Waals surface area contributed by atoms with Crippen LogP contribution < -0.4 is 10.9 Å². The van der Waals surface area contributed by atoms with Gasteiger partial charge in [-0.2, -0.15) is 5.10 Å². The van der Waals surface area contributed by atoms with Crippen LogP contribution in [-0.2, 0) is 0 Å². The van der Waals surface area contributed by atoms with Gasteiger partial charge in [-0.3, -0.25) is 9.89 Å². The molecule has 6 nitrogen and oxygen atoms in total. The van der Waals surface area contributed by atoms with Gasteiger partial charge in [0.2, 0.25) is 0 Å². The molecular weight excluding hydrogens is 310 g/mol. The first-order valence-electron chi connectivity index (χ1n) is 7.91. The fourth-order valence-electron chi connectivity index (χ4n) is 3.97. The Balaban J connectivity index is 1.62. The predicted molar refractivity (Wildman–Crippen MR) is 89.4 cm³/mol. The molecular formula is C16H17N5OS. The molecule has 0 bridgehead atoms. The molecule has 1 aliphatic heterocycles. The highest BCUT2D eigenvalue weighted by Crippen LogP contribution is 2.56. The average Bonchev–Trinajstić information content (AvgIpc) is 3.01. The molecule has 23 heavy (non-hydrogen) atoms. The molecule has 118 valence electrons. The van der Waals surface area contributed by atoms with Crippen LogP contribution in [0.5, 0.6) is 0 Å². The van der Waals surface area contributed by atoms with Gasteiger partial charge >= 0.3 is 0 Å². The van der Waals surface area contributed by atoms with Crippen molar-refractivity contribution < 1.29 is 0 Å². The van der Waals surface area contributed by atoms with E-state index in [1.54, 1.807) is 6.20 Å². The lowest BCUT2D eigenvalue weighted by molar-refractivity contribution is 0.488. The molecule has 0 amide bonds. The summed E-state index contributed by atoms with van der Waals surface area (Å²) in [5, 5.41) is 10.5. The van der Waals surface area contributed by atoms with Crippen LogP contribution in [0.25, 0.3) is 20.7 Å². The van der Waals surface area contributed by atoms with Crippen molar-refractivity contribution in [2.24, 2.45) is 17.8 Å². The molecule has 3 aromatic rings. The van der Waals surface area contributed by atoms with Gasteiger partial charge in [-0.05, 0) is 37.3 Å². The van der Waals surface area contributed by atoms with E-state index < -0.39 is 0 Å². The molecule has 1 saturated carbocycles. The minimum absolute atomic E-state index is 0.0408.